The molecule has 1 atom stereocenters. The maximum atomic E-state index is 12.8. The molecule has 1 heterocycles. The van der Waals surface area contributed by atoms with Crippen LogP contribution in [0.25, 0.3) is 0 Å². The third-order valence-electron chi connectivity index (χ3n) is 4.11. The van der Waals surface area contributed by atoms with E-state index < -0.39 is 0 Å². The number of nitrogens with one attached hydrogen (secondary N) is 2. The molecule has 1 saturated heterocycles. The lowest BCUT2D eigenvalue weighted by molar-refractivity contribution is -0.118. The number of hydrogen-bond donors (Lipinski definition) is 2. The predicted octanol–water partition coefficient (Wildman–Crippen LogP) is 3.18. The Balaban J connectivity index is 0.00000288. The van der Waals surface area contributed by atoms with Crippen LogP contribution in [0.1, 0.15) is 37.0 Å². The van der Waals surface area contributed by atoms with Gasteiger partial charge in [-0.25, -0.2) is 0 Å². The van der Waals surface area contributed by atoms with E-state index in [0.717, 1.165) is 19.4 Å². The zero-order chi connectivity index (χ0) is 17.0. The van der Waals surface area contributed by atoms with E-state index in [9.17, 15) is 9.59 Å². The fraction of sp³-hybridized carbons (Fsp3) is 0.529. The molecule has 7 heteroatoms. The summed E-state index contributed by atoms with van der Waals surface area (Å²) in [6, 6.07) is 5.35. The topological polar surface area (TPSA) is 61.4 Å². The number of carbonyl (C=O) groups is 2. The highest BCUT2D eigenvalue weighted by molar-refractivity contribution is 6.34. The van der Waals surface area contributed by atoms with Crippen molar-refractivity contribution < 1.29 is 9.59 Å². The lowest BCUT2D eigenvalue weighted by Gasteiger charge is -2.32. The van der Waals surface area contributed by atoms with Gasteiger partial charge in [-0.15, -0.1) is 12.4 Å². The minimum Gasteiger partial charge on any atom is -0.337 e. The van der Waals surface area contributed by atoms with Crippen molar-refractivity contribution in [2.75, 3.05) is 25.5 Å². The lowest BCUT2D eigenvalue weighted by atomic mass is 10.0. The number of halogens is 2. The summed E-state index contributed by atoms with van der Waals surface area (Å²) in [4.78, 5) is 26.4. The first-order chi connectivity index (χ1) is 10.9. The Morgan fingerprint density at radius 1 is 1.33 bits per heavy atom. The van der Waals surface area contributed by atoms with E-state index in [-0.39, 0.29) is 30.1 Å². The molecule has 0 spiro atoms. The van der Waals surface area contributed by atoms with Crippen LogP contribution in [0.3, 0.4) is 0 Å². The first-order valence-corrected chi connectivity index (χ1v) is 8.37. The van der Waals surface area contributed by atoms with Crippen LogP contribution in [0.2, 0.25) is 5.02 Å². The van der Waals surface area contributed by atoms with Crippen molar-refractivity contribution in [2.45, 2.75) is 32.7 Å². The number of nitrogens with zero attached hydrogens (tertiary/aromatic N) is 1. The molecule has 24 heavy (non-hydrogen) atoms. The zero-order valence-corrected chi connectivity index (χ0v) is 15.8. The van der Waals surface area contributed by atoms with Crippen molar-refractivity contribution >= 4 is 41.5 Å². The summed E-state index contributed by atoms with van der Waals surface area (Å²) < 4.78 is 0. The number of anilines is 1. The Morgan fingerprint density at radius 3 is 2.67 bits per heavy atom. The summed E-state index contributed by atoms with van der Waals surface area (Å²) in [5, 5.41) is 6.43. The van der Waals surface area contributed by atoms with Crippen molar-refractivity contribution in [3.05, 3.63) is 28.8 Å². The van der Waals surface area contributed by atoms with Gasteiger partial charge in [-0.05, 0) is 38.1 Å². The van der Waals surface area contributed by atoms with Crippen molar-refractivity contribution in [1.29, 1.82) is 0 Å². The molecular formula is C17H25Cl2N3O2. The molecule has 0 aromatic heterocycles. The molecule has 0 bridgehead atoms. The monoisotopic (exact) mass is 373 g/mol. The third-order valence-corrected chi connectivity index (χ3v) is 4.44. The van der Waals surface area contributed by atoms with E-state index in [0.29, 0.717) is 28.9 Å². The van der Waals surface area contributed by atoms with Crippen molar-refractivity contribution in [2.24, 2.45) is 5.92 Å². The normalized spacial score (nSPS) is 17.4. The maximum absolute atomic E-state index is 12.8. The molecule has 134 valence electrons. The van der Waals surface area contributed by atoms with E-state index in [4.69, 9.17) is 11.6 Å². The Morgan fingerprint density at radius 2 is 2.04 bits per heavy atom. The highest BCUT2D eigenvalue weighted by atomic mass is 35.5. The first-order valence-electron chi connectivity index (χ1n) is 7.99. The van der Waals surface area contributed by atoms with Gasteiger partial charge in [0.2, 0.25) is 5.91 Å². The number of carbonyl (C=O) groups excluding carboxylic acids is 2. The third kappa shape index (κ3) is 5.10. The SMILES string of the molecule is CNC1CCCN(C(=O)c2cc(NC(=O)C(C)C)ccc2Cl)C1.Cl. The predicted molar refractivity (Wildman–Crippen MR) is 100 cm³/mol. The van der Waals surface area contributed by atoms with Gasteiger partial charge in [-0.2, -0.15) is 0 Å². The van der Waals surface area contributed by atoms with Crippen LogP contribution in [0, 0.1) is 5.92 Å². The smallest absolute Gasteiger partial charge is 0.255 e. The Bertz CT molecular complexity index is 593. The number of rotatable bonds is 4. The zero-order valence-electron chi connectivity index (χ0n) is 14.3. The highest BCUT2D eigenvalue weighted by Crippen LogP contribution is 2.24. The van der Waals surface area contributed by atoms with Crippen LogP contribution in [-0.4, -0.2) is 42.9 Å². The second kappa shape index (κ2) is 9.25. The molecule has 1 aromatic carbocycles. The Hall–Kier alpha value is -1.30. The molecule has 0 saturated carbocycles. The number of likely N-dealkylation sites (N-methyl/N-ethyl adjacent to an activating group) is 1. The summed E-state index contributed by atoms with van der Waals surface area (Å²) >= 11 is 6.20. The van der Waals surface area contributed by atoms with Crippen molar-refractivity contribution in [3.63, 3.8) is 0 Å². The molecule has 2 N–H and O–H groups in total. The van der Waals surface area contributed by atoms with Gasteiger partial charge in [0.15, 0.2) is 0 Å². The maximum Gasteiger partial charge on any atom is 0.255 e. The highest BCUT2D eigenvalue weighted by Gasteiger charge is 2.25. The van der Waals surface area contributed by atoms with Crippen LogP contribution in [0.4, 0.5) is 5.69 Å². The van der Waals surface area contributed by atoms with Gasteiger partial charge in [-0.1, -0.05) is 25.4 Å². The number of piperidine rings is 1. The van der Waals surface area contributed by atoms with E-state index >= 15 is 0 Å². The molecule has 1 fully saturated rings. The van der Waals surface area contributed by atoms with Gasteiger partial charge < -0.3 is 15.5 Å². The van der Waals surface area contributed by atoms with E-state index in [1.54, 1.807) is 18.2 Å². The van der Waals surface area contributed by atoms with Crippen LogP contribution in [-0.2, 0) is 4.79 Å². The molecule has 2 amide bonds. The summed E-state index contributed by atoms with van der Waals surface area (Å²) in [6.45, 7) is 5.05. The Kier molecular flexibility index (Phi) is 8.00. The van der Waals surface area contributed by atoms with Crippen LogP contribution in [0.5, 0.6) is 0 Å². The standard InChI is InChI=1S/C17H24ClN3O2.ClH/c1-11(2)16(22)20-12-6-7-15(18)14(9-12)17(23)21-8-4-5-13(10-21)19-3;/h6-7,9,11,13,19H,4-5,8,10H2,1-3H3,(H,20,22);1H. The summed E-state index contributed by atoms with van der Waals surface area (Å²) in [7, 11) is 1.91. The van der Waals surface area contributed by atoms with Gasteiger partial charge in [0, 0.05) is 30.7 Å². The average molecular weight is 374 g/mol. The number of likely N-dealkylation sites (tertiary alicyclic amines) is 1. The van der Waals surface area contributed by atoms with Gasteiger partial charge in [0.1, 0.15) is 0 Å². The van der Waals surface area contributed by atoms with Crippen LogP contribution < -0.4 is 10.6 Å². The van der Waals surface area contributed by atoms with Gasteiger partial charge in [0.25, 0.3) is 5.91 Å². The summed E-state index contributed by atoms with van der Waals surface area (Å²) in [6.07, 6.45) is 2.04. The minimum absolute atomic E-state index is 0. The molecule has 0 aliphatic carbocycles. The molecular weight excluding hydrogens is 349 g/mol. The number of amides is 2. The molecule has 2 rings (SSSR count). The van der Waals surface area contributed by atoms with Crippen LogP contribution >= 0.6 is 24.0 Å². The first kappa shape index (κ1) is 20.7. The van der Waals surface area contributed by atoms with Gasteiger partial charge in [-0.3, -0.25) is 9.59 Å². The quantitative estimate of drug-likeness (QED) is 0.851. The summed E-state index contributed by atoms with van der Waals surface area (Å²) in [5.74, 6) is -0.294. The molecule has 0 radical (unpaired) electrons. The Labute approximate surface area is 154 Å². The average Bonchev–Trinajstić information content (AvgIpc) is 2.55. The second-order valence-corrected chi connectivity index (χ2v) is 6.62. The lowest BCUT2D eigenvalue weighted by Crippen LogP contribution is -2.47. The fourth-order valence-corrected chi connectivity index (χ4v) is 2.82. The van der Waals surface area contributed by atoms with E-state index in [1.807, 2.05) is 25.8 Å². The molecule has 1 aliphatic rings. The number of benzene rings is 1. The molecule has 1 unspecified atom stereocenters. The van der Waals surface area contributed by atoms with E-state index in [1.165, 1.54) is 0 Å². The largest absolute Gasteiger partial charge is 0.337 e. The van der Waals surface area contributed by atoms with Gasteiger partial charge in [0.05, 0.1) is 10.6 Å². The molecule has 1 aromatic rings. The van der Waals surface area contributed by atoms with Crippen molar-refractivity contribution in [1.82, 2.24) is 10.2 Å². The minimum atomic E-state index is -0.122. The van der Waals surface area contributed by atoms with Crippen LogP contribution in [0.15, 0.2) is 18.2 Å². The van der Waals surface area contributed by atoms with E-state index in [2.05, 4.69) is 10.6 Å². The second-order valence-electron chi connectivity index (χ2n) is 6.22. The molecule has 1 aliphatic heterocycles. The van der Waals surface area contributed by atoms with Gasteiger partial charge >= 0.3 is 0 Å². The molecule has 5 nitrogen and oxygen atoms in total. The summed E-state index contributed by atoms with van der Waals surface area (Å²) in [5.41, 5.74) is 1.03. The van der Waals surface area contributed by atoms with Crippen molar-refractivity contribution in [3.8, 4) is 0 Å². The fourth-order valence-electron chi connectivity index (χ4n) is 2.62. The number of hydrogen-bond acceptors (Lipinski definition) is 3.